The van der Waals surface area contributed by atoms with Gasteiger partial charge in [0.25, 0.3) is 0 Å². The molecule has 1 amide bonds. The largest absolute Gasteiger partial charge is 0.356 e. The highest BCUT2D eigenvalue weighted by Gasteiger charge is 2.21. The van der Waals surface area contributed by atoms with Gasteiger partial charge < -0.3 is 15.5 Å². The van der Waals surface area contributed by atoms with Gasteiger partial charge in [-0.15, -0.1) is 22.7 Å². The third kappa shape index (κ3) is 4.82. The topological polar surface area (TPSA) is 69.6 Å². The van der Waals surface area contributed by atoms with Crippen LogP contribution in [0.25, 0.3) is 0 Å². The maximum Gasteiger partial charge on any atom is 0.242 e. The summed E-state index contributed by atoms with van der Waals surface area (Å²) in [6.07, 6.45) is 4.79. The summed E-state index contributed by atoms with van der Waals surface area (Å²) in [7, 11) is 1.72. The van der Waals surface area contributed by atoms with E-state index in [9.17, 15) is 4.79 Å². The fourth-order valence-electron chi connectivity index (χ4n) is 2.87. The number of carbonyl (C=O) groups excluding carboxylic acids is 1. The second-order valence-electron chi connectivity index (χ2n) is 6.11. The van der Waals surface area contributed by atoms with Crippen molar-refractivity contribution < 1.29 is 4.79 Å². The van der Waals surface area contributed by atoms with Gasteiger partial charge in [0, 0.05) is 49.1 Å². The van der Waals surface area contributed by atoms with E-state index in [1.165, 1.54) is 15.3 Å². The molecule has 1 aliphatic heterocycles. The Bertz CT molecular complexity index is 767. The van der Waals surface area contributed by atoms with Gasteiger partial charge in [-0.1, -0.05) is 6.92 Å². The molecular formula is C18H25N5OS2. The normalized spacial score (nSPS) is 14.2. The smallest absolute Gasteiger partial charge is 0.242 e. The number of hydrogen-bond acceptors (Lipinski definition) is 5. The number of carbonyl (C=O) groups is 1. The number of amides is 1. The predicted molar refractivity (Wildman–Crippen MR) is 108 cm³/mol. The van der Waals surface area contributed by atoms with Crippen molar-refractivity contribution in [1.82, 2.24) is 20.5 Å². The zero-order valence-electron chi connectivity index (χ0n) is 15.2. The first kappa shape index (κ1) is 18.8. The number of aliphatic imine (C=N–C) groups is 1. The summed E-state index contributed by atoms with van der Waals surface area (Å²) in [6.45, 7) is 4.65. The fourth-order valence-corrected chi connectivity index (χ4v) is 4.62. The van der Waals surface area contributed by atoms with Crippen molar-refractivity contribution in [3.05, 3.63) is 38.0 Å². The summed E-state index contributed by atoms with van der Waals surface area (Å²) in [5, 5.41) is 9.60. The minimum Gasteiger partial charge on any atom is -0.356 e. The third-order valence-corrected chi connectivity index (χ3v) is 6.60. The quantitative estimate of drug-likeness (QED) is 0.584. The van der Waals surface area contributed by atoms with Crippen LogP contribution in [0.2, 0.25) is 0 Å². The van der Waals surface area contributed by atoms with Crippen molar-refractivity contribution in [2.45, 2.75) is 32.7 Å². The Hall–Kier alpha value is -1.93. The molecule has 0 saturated carbocycles. The summed E-state index contributed by atoms with van der Waals surface area (Å²) in [4.78, 5) is 25.7. The molecule has 0 spiro atoms. The van der Waals surface area contributed by atoms with Crippen molar-refractivity contribution in [1.29, 1.82) is 0 Å². The van der Waals surface area contributed by atoms with Gasteiger partial charge in [-0.25, -0.2) is 4.98 Å². The Morgan fingerprint density at radius 3 is 3.08 bits per heavy atom. The molecule has 0 saturated heterocycles. The zero-order chi connectivity index (χ0) is 18.4. The van der Waals surface area contributed by atoms with Crippen LogP contribution in [-0.4, -0.2) is 48.4 Å². The number of thiophene rings is 1. The van der Waals surface area contributed by atoms with Crippen molar-refractivity contribution in [2.24, 2.45) is 4.99 Å². The first-order valence-electron chi connectivity index (χ1n) is 8.90. The highest BCUT2D eigenvalue weighted by molar-refractivity contribution is 7.11. The summed E-state index contributed by atoms with van der Waals surface area (Å²) < 4.78 is 0. The lowest BCUT2D eigenvalue weighted by molar-refractivity contribution is -0.130. The molecule has 140 valence electrons. The molecule has 2 aromatic rings. The van der Waals surface area contributed by atoms with Crippen molar-refractivity contribution in [3.8, 4) is 0 Å². The zero-order valence-corrected chi connectivity index (χ0v) is 16.9. The lowest BCUT2D eigenvalue weighted by Crippen LogP contribution is -2.46. The van der Waals surface area contributed by atoms with E-state index < -0.39 is 0 Å². The number of aryl methyl sites for hydroxylation is 1. The SMILES string of the molecule is CCc1cnc(CCNC(=NC)NCC(=O)N2CCc3sccc3C2)s1. The van der Waals surface area contributed by atoms with Crippen LogP contribution < -0.4 is 10.6 Å². The Kier molecular flexibility index (Phi) is 6.62. The van der Waals surface area contributed by atoms with Crippen molar-refractivity contribution in [3.63, 3.8) is 0 Å². The molecule has 0 aromatic carbocycles. The van der Waals surface area contributed by atoms with Gasteiger partial charge in [-0.3, -0.25) is 9.79 Å². The lowest BCUT2D eigenvalue weighted by atomic mass is 10.1. The molecule has 0 radical (unpaired) electrons. The van der Waals surface area contributed by atoms with Gasteiger partial charge in [-0.2, -0.15) is 0 Å². The highest BCUT2D eigenvalue weighted by Crippen LogP contribution is 2.23. The number of rotatable bonds is 6. The molecule has 0 fully saturated rings. The fraction of sp³-hybridized carbons (Fsp3) is 0.500. The third-order valence-electron chi connectivity index (χ3n) is 4.37. The number of guanidine groups is 1. The molecule has 1 aliphatic rings. The Morgan fingerprint density at radius 1 is 1.42 bits per heavy atom. The number of thiazole rings is 1. The van der Waals surface area contributed by atoms with Crippen molar-refractivity contribution in [2.75, 3.05) is 26.7 Å². The predicted octanol–water partition coefficient (Wildman–Crippen LogP) is 2.06. The average molecular weight is 392 g/mol. The molecule has 3 heterocycles. The Morgan fingerprint density at radius 2 is 2.31 bits per heavy atom. The molecular weight excluding hydrogens is 366 g/mol. The molecule has 8 heteroatoms. The van der Waals surface area contributed by atoms with Gasteiger partial charge in [0.1, 0.15) is 0 Å². The Balaban J connectivity index is 1.40. The molecule has 6 nitrogen and oxygen atoms in total. The van der Waals surface area contributed by atoms with Crippen LogP contribution in [0.15, 0.2) is 22.6 Å². The van der Waals surface area contributed by atoms with E-state index in [1.807, 2.05) is 11.1 Å². The minimum absolute atomic E-state index is 0.109. The minimum atomic E-state index is 0.109. The first-order valence-corrected chi connectivity index (χ1v) is 10.6. The number of fused-ring (bicyclic) bond motifs is 1. The van der Waals surface area contributed by atoms with Crippen LogP contribution in [0, 0.1) is 0 Å². The molecule has 0 aliphatic carbocycles. The number of aromatic nitrogens is 1. The van der Waals surface area contributed by atoms with Gasteiger partial charge >= 0.3 is 0 Å². The van der Waals surface area contributed by atoms with Crippen molar-refractivity contribution >= 4 is 34.5 Å². The first-order chi connectivity index (χ1) is 12.7. The van der Waals surface area contributed by atoms with Crippen LogP contribution in [0.5, 0.6) is 0 Å². The molecule has 3 rings (SSSR count). The van der Waals surface area contributed by atoms with Crippen LogP contribution in [0.3, 0.4) is 0 Å². The van der Waals surface area contributed by atoms with E-state index in [1.54, 1.807) is 29.7 Å². The maximum absolute atomic E-state index is 12.5. The summed E-state index contributed by atoms with van der Waals surface area (Å²) in [6, 6.07) is 2.12. The average Bonchev–Trinajstić information content (AvgIpc) is 3.32. The van der Waals surface area contributed by atoms with Crippen LogP contribution >= 0.6 is 22.7 Å². The van der Waals surface area contributed by atoms with E-state index in [-0.39, 0.29) is 12.5 Å². The van der Waals surface area contributed by atoms with E-state index in [4.69, 9.17) is 0 Å². The second kappa shape index (κ2) is 9.14. The molecule has 26 heavy (non-hydrogen) atoms. The van der Waals surface area contributed by atoms with Gasteiger partial charge in [0.15, 0.2) is 5.96 Å². The molecule has 0 bridgehead atoms. The molecule has 2 aromatic heterocycles. The number of nitrogens with one attached hydrogen (secondary N) is 2. The number of nitrogens with zero attached hydrogens (tertiary/aromatic N) is 3. The van der Waals surface area contributed by atoms with Crippen LogP contribution in [-0.2, 0) is 30.6 Å². The lowest BCUT2D eigenvalue weighted by Gasteiger charge is -2.27. The van der Waals surface area contributed by atoms with E-state index in [0.717, 1.165) is 43.9 Å². The highest BCUT2D eigenvalue weighted by atomic mass is 32.1. The summed E-state index contributed by atoms with van der Waals surface area (Å²) in [5.74, 6) is 0.760. The molecule has 0 unspecified atom stereocenters. The monoisotopic (exact) mass is 391 g/mol. The number of hydrogen-bond donors (Lipinski definition) is 2. The van der Waals surface area contributed by atoms with E-state index >= 15 is 0 Å². The van der Waals surface area contributed by atoms with E-state index in [0.29, 0.717) is 5.96 Å². The molecule has 0 atom stereocenters. The van der Waals surface area contributed by atoms with Gasteiger partial charge in [0.05, 0.1) is 11.6 Å². The Labute approximate surface area is 162 Å². The van der Waals surface area contributed by atoms with Crippen LogP contribution in [0.4, 0.5) is 0 Å². The summed E-state index contributed by atoms with van der Waals surface area (Å²) >= 11 is 3.54. The second-order valence-corrected chi connectivity index (χ2v) is 8.31. The molecule has 2 N–H and O–H groups in total. The van der Waals surface area contributed by atoms with Gasteiger partial charge in [-0.05, 0) is 29.9 Å². The van der Waals surface area contributed by atoms with E-state index in [2.05, 4.69) is 39.0 Å². The van der Waals surface area contributed by atoms with Crippen LogP contribution in [0.1, 0.15) is 27.2 Å². The van der Waals surface area contributed by atoms with Gasteiger partial charge in [0.2, 0.25) is 5.91 Å². The summed E-state index contributed by atoms with van der Waals surface area (Å²) in [5.41, 5.74) is 1.28. The standard InChI is InChI=1S/C18H25N5OS2/c1-3-14-10-21-16(26-14)4-7-20-18(19-2)22-11-17(24)23-8-5-15-13(12-23)6-9-25-15/h6,9-10H,3-5,7-8,11-12H2,1-2H3,(H2,19,20,22). The maximum atomic E-state index is 12.5.